The Bertz CT molecular complexity index is 253. The first kappa shape index (κ1) is 10.6. The lowest BCUT2D eigenvalue weighted by Gasteiger charge is -2.23. The van der Waals surface area contributed by atoms with Gasteiger partial charge in [-0.1, -0.05) is 28.1 Å². The van der Waals surface area contributed by atoms with Gasteiger partial charge in [0.25, 0.3) is 0 Å². The summed E-state index contributed by atoms with van der Waals surface area (Å²) in [6.07, 6.45) is 0. The van der Waals surface area contributed by atoms with Crippen LogP contribution in [0.2, 0.25) is 0 Å². The van der Waals surface area contributed by atoms with E-state index in [2.05, 4.69) is 66.0 Å². The highest BCUT2D eigenvalue weighted by atomic mass is 79.9. The molecule has 72 valence electrons. The van der Waals surface area contributed by atoms with E-state index in [0.29, 0.717) is 6.04 Å². The Morgan fingerprint density at radius 3 is 2.15 bits per heavy atom. The van der Waals surface area contributed by atoms with Crippen molar-refractivity contribution in [2.45, 2.75) is 25.2 Å². The average Bonchev–Trinajstić information content (AvgIpc) is 2.17. The molecule has 0 saturated carbocycles. The van der Waals surface area contributed by atoms with E-state index in [1.54, 1.807) is 0 Å². The maximum absolute atomic E-state index is 3.43. The Kier molecular flexibility index (Phi) is 3.79. The maximum Gasteiger partial charge on any atom is 0.0366 e. The van der Waals surface area contributed by atoms with Gasteiger partial charge < -0.3 is 4.90 Å². The van der Waals surface area contributed by atoms with Gasteiger partial charge in [-0.05, 0) is 31.5 Å². The fourth-order valence-electron chi connectivity index (χ4n) is 1.12. The molecule has 0 N–H and O–H groups in total. The summed E-state index contributed by atoms with van der Waals surface area (Å²) in [4.78, 5) is 2.26. The van der Waals surface area contributed by atoms with Crippen molar-refractivity contribution in [3.05, 3.63) is 29.8 Å². The Morgan fingerprint density at radius 2 is 1.77 bits per heavy atom. The van der Waals surface area contributed by atoms with E-state index in [9.17, 15) is 0 Å². The van der Waals surface area contributed by atoms with Crippen LogP contribution < -0.4 is 4.90 Å². The van der Waals surface area contributed by atoms with Crippen LogP contribution in [-0.2, 0) is 5.33 Å². The van der Waals surface area contributed by atoms with Crippen LogP contribution in [0.5, 0.6) is 0 Å². The van der Waals surface area contributed by atoms with Gasteiger partial charge >= 0.3 is 0 Å². The van der Waals surface area contributed by atoms with Crippen molar-refractivity contribution in [3.8, 4) is 0 Å². The fraction of sp³-hybridized carbons (Fsp3) is 0.455. The highest BCUT2D eigenvalue weighted by Gasteiger charge is 2.03. The van der Waals surface area contributed by atoms with Crippen molar-refractivity contribution < 1.29 is 0 Å². The standard InChI is InChI=1S/C11H16BrN/c1-9(2)13(3)11-6-4-10(8-12)5-7-11/h4-7,9H,8H2,1-3H3. The van der Waals surface area contributed by atoms with Gasteiger partial charge in [0, 0.05) is 24.1 Å². The van der Waals surface area contributed by atoms with Crippen LogP contribution in [0.3, 0.4) is 0 Å². The molecule has 0 fully saturated rings. The van der Waals surface area contributed by atoms with E-state index in [0.717, 1.165) is 5.33 Å². The number of nitrogens with zero attached hydrogens (tertiary/aromatic N) is 1. The first-order valence-electron chi connectivity index (χ1n) is 4.53. The molecule has 0 bridgehead atoms. The lowest BCUT2D eigenvalue weighted by Crippen LogP contribution is -2.25. The molecule has 0 aliphatic carbocycles. The summed E-state index contributed by atoms with van der Waals surface area (Å²) in [6, 6.07) is 9.19. The Hall–Kier alpha value is -0.500. The van der Waals surface area contributed by atoms with Crippen molar-refractivity contribution in [2.75, 3.05) is 11.9 Å². The smallest absolute Gasteiger partial charge is 0.0366 e. The van der Waals surface area contributed by atoms with Crippen molar-refractivity contribution in [3.63, 3.8) is 0 Å². The fourth-order valence-corrected chi connectivity index (χ4v) is 1.49. The molecule has 0 radical (unpaired) electrons. The summed E-state index contributed by atoms with van der Waals surface area (Å²) in [5.41, 5.74) is 2.60. The molecule has 1 nitrogen and oxygen atoms in total. The number of anilines is 1. The predicted molar refractivity (Wildman–Crippen MR) is 62.6 cm³/mol. The largest absolute Gasteiger partial charge is 0.372 e. The van der Waals surface area contributed by atoms with Crippen molar-refractivity contribution >= 4 is 21.6 Å². The molecule has 0 aliphatic rings. The van der Waals surface area contributed by atoms with Gasteiger partial charge in [-0.25, -0.2) is 0 Å². The zero-order valence-corrected chi connectivity index (χ0v) is 10.0. The molecule has 0 heterocycles. The number of hydrogen-bond donors (Lipinski definition) is 0. The molecule has 0 saturated heterocycles. The Balaban J connectivity index is 2.79. The van der Waals surface area contributed by atoms with E-state index in [1.807, 2.05) is 0 Å². The van der Waals surface area contributed by atoms with Gasteiger partial charge in [-0.15, -0.1) is 0 Å². The van der Waals surface area contributed by atoms with Crippen molar-refractivity contribution in [1.29, 1.82) is 0 Å². The first-order chi connectivity index (χ1) is 6.15. The summed E-state index contributed by atoms with van der Waals surface area (Å²) in [5, 5.41) is 0.929. The zero-order chi connectivity index (χ0) is 9.84. The molecular weight excluding hydrogens is 226 g/mol. The van der Waals surface area contributed by atoms with Crippen LogP contribution >= 0.6 is 15.9 Å². The number of rotatable bonds is 3. The first-order valence-corrected chi connectivity index (χ1v) is 5.65. The predicted octanol–water partition coefficient (Wildman–Crippen LogP) is 3.43. The molecule has 1 rings (SSSR count). The summed E-state index contributed by atoms with van der Waals surface area (Å²) < 4.78 is 0. The van der Waals surface area contributed by atoms with E-state index in [4.69, 9.17) is 0 Å². The van der Waals surface area contributed by atoms with Gasteiger partial charge in [0.15, 0.2) is 0 Å². The van der Waals surface area contributed by atoms with Crippen LogP contribution in [0.15, 0.2) is 24.3 Å². The van der Waals surface area contributed by atoms with Crippen LogP contribution in [0, 0.1) is 0 Å². The Morgan fingerprint density at radius 1 is 1.23 bits per heavy atom. The summed E-state index contributed by atoms with van der Waals surface area (Å²) in [7, 11) is 2.12. The second-order valence-corrected chi connectivity index (χ2v) is 4.07. The van der Waals surface area contributed by atoms with Gasteiger partial charge in [0.1, 0.15) is 0 Å². The quantitative estimate of drug-likeness (QED) is 0.734. The van der Waals surface area contributed by atoms with E-state index in [-0.39, 0.29) is 0 Å². The lowest BCUT2D eigenvalue weighted by atomic mass is 10.2. The SMILES string of the molecule is CC(C)N(C)c1ccc(CBr)cc1. The molecule has 1 aromatic carbocycles. The van der Waals surface area contributed by atoms with Crippen LogP contribution in [0.1, 0.15) is 19.4 Å². The molecule has 0 aromatic heterocycles. The number of alkyl halides is 1. The normalized spacial score (nSPS) is 10.5. The molecule has 2 heteroatoms. The summed E-state index contributed by atoms with van der Waals surface area (Å²) >= 11 is 3.43. The average molecular weight is 242 g/mol. The second-order valence-electron chi connectivity index (χ2n) is 3.50. The van der Waals surface area contributed by atoms with Gasteiger partial charge in [0.05, 0.1) is 0 Å². The molecular formula is C11H16BrN. The van der Waals surface area contributed by atoms with Gasteiger partial charge in [-0.3, -0.25) is 0 Å². The van der Waals surface area contributed by atoms with E-state index < -0.39 is 0 Å². The zero-order valence-electron chi connectivity index (χ0n) is 8.42. The van der Waals surface area contributed by atoms with E-state index >= 15 is 0 Å². The summed E-state index contributed by atoms with van der Waals surface area (Å²) in [6.45, 7) is 4.39. The van der Waals surface area contributed by atoms with E-state index in [1.165, 1.54) is 11.3 Å². The second kappa shape index (κ2) is 4.66. The molecule has 1 aromatic rings. The number of benzene rings is 1. The number of hydrogen-bond acceptors (Lipinski definition) is 1. The highest BCUT2D eigenvalue weighted by Crippen LogP contribution is 2.16. The van der Waals surface area contributed by atoms with Gasteiger partial charge in [0.2, 0.25) is 0 Å². The molecule has 13 heavy (non-hydrogen) atoms. The maximum atomic E-state index is 3.43. The third-order valence-corrected chi connectivity index (χ3v) is 2.92. The third-order valence-electron chi connectivity index (χ3n) is 2.27. The molecule has 0 spiro atoms. The minimum atomic E-state index is 0.551. The molecule has 0 unspecified atom stereocenters. The van der Waals surface area contributed by atoms with Crippen molar-refractivity contribution in [2.24, 2.45) is 0 Å². The molecule has 0 amide bonds. The molecule has 0 atom stereocenters. The van der Waals surface area contributed by atoms with Crippen LogP contribution in [0.25, 0.3) is 0 Å². The van der Waals surface area contributed by atoms with Crippen LogP contribution in [0.4, 0.5) is 5.69 Å². The summed E-state index contributed by atoms with van der Waals surface area (Å²) in [5.74, 6) is 0. The minimum Gasteiger partial charge on any atom is -0.372 e. The lowest BCUT2D eigenvalue weighted by molar-refractivity contribution is 0.754. The van der Waals surface area contributed by atoms with Crippen LogP contribution in [-0.4, -0.2) is 13.1 Å². The topological polar surface area (TPSA) is 3.24 Å². The highest BCUT2D eigenvalue weighted by molar-refractivity contribution is 9.08. The molecule has 0 aliphatic heterocycles. The van der Waals surface area contributed by atoms with Gasteiger partial charge in [-0.2, -0.15) is 0 Å². The van der Waals surface area contributed by atoms with Crippen molar-refractivity contribution in [1.82, 2.24) is 0 Å². The minimum absolute atomic E-state index is 0.551. The number of halogens is 1. The Labute approximate surface area is 88.9 Å². The third kappa shape index (κ3) is 2.73. The monoisotopic (exact) mass is 241 g/mol.